The molecule has 2 N–H and O–H groups in total. The van der Waals surface area contributed by atoms with E-state index in [1.165, 1.54) is 0 Å². The lowest BCUT2D eigenvalue weighted by Gasteiger charge is -2.19. The van der Waals surface area contributed by atoms with Crippen molar-refractivity contribution < 1.29 is 9.90 Å². The van der Waals surface area contributed by atoms with Crippen molar-refractivity contribution in [3.8, 4) is 0 Å². The highest BCUT2D eigenvalue weighted by atomic mass is 79.9. The fraction of sp³-hybridized carbons (Fsp3) is 0.556. The van der Waals surface area contributed by atoms with Crippen LogP contribution in [0, 0.1) is 5.92 Å². The maximum absolute atomic E-state index is 11.7. The Morgan fingerprint density at radius 2 is 2.40 bits per heavy atom. The van der Waals surface area contributed by atoms with Gasteiger partial charge in [0.25, 0.3) is 5.91 Å². The fourth-order valence-corrected chi connectivity index (χ4v) is 2.21. The third-order valence-electron chi connectivity index (χ3n) is 2.05. The lowest BCUT2D eigenvalue weighted by molar-refractivity contribution is 0.0900. The van der Waals surface area contributed by atoms with Gasteiger partial charge in [0, 0.05) is 0 Å². The number of aliphatic hydroxyl groups excluding tert-OH is 1. The first-order chi connectivity index (χ1) is 7.06. The van der Waals surface area contributed by atoms with Crippen molar-refractivity contribution in [2.75, 3.05) is 6.61 Å². The Labute approximate surface area is 101 Å². The largest absolute Gasteiger partial charge is 0.394 e. The molecule has 0 radical (unpaired) electrons. The summed E-state index contributed by atoms with van der Waals surface area (Å²) in [6, 6.07) is -0.216. The number of nitrogens with one attached hydrogen (secondary N) is 1. The molecule has 1 amide bonds. The van der Waals surface area contributed by atoms with Crippen molar-refractivity contribution in [2.45, 2.75) is 19.9 Å². The highest BCUT2D eigenvalue weighted by Crippen LogP contribution is 2.19. The van der Waals surface area contributed by atoms with E-state index in [9.17, 15) is 4.79 Å². The van der Waals surface area contributed by atoms with Gasteiger partial charge >= 0.3 is 0 Å². The lowest BCUT2D eigenvalue weighted by atomic mass is 10.1. The van der Waals surface area contributed by atoms with Gasteiger partial charge in [0.05, 0.1) is 23.3 Å². The van der Waals surface area contributed by atoms with Crippen LogP contribution in [0.1, 0.15) is 23.5 Å². The zero-order valence-electron chi connectivity index (χ0n) is 8.53. The number of amides is 1. The minimum atomic E-state index is -0.216. The molecule has 0 saturated heterocycles. The SMILES string of the molecule is CC(C)[C@@H](CO)NC(=O)c1sncc1Br. The summed E-state index contributed by atoms with van der Waals surface area (Å²) in [6.45, 7) is 3.84. The van der Waals surface area contributed by atoms with Gasteiger partial charge in [-0.05, 0) is 33.4 Å². The van der Waals surface area contributed by atoms with E-state index in [-0.39, 0.29) is 24.5 Å². The molecule has 1 aromatic heterocycles. The Bertz CT molecular complexity index is 341. The average Bonchev–Trinajstić information content (AvgIpc) is 2.60. The fourth-order valence-electron chi connectivity index (χ4n) is 1.03. The third-order valence-corrected chi connectivity index (χ3v) is 3.71. The molecule has 0 unspecified atom stereocenters. The smallest absolute Gasteiger partial charge is 0.264 e. The predicted octanol–water partition coefficient (Wildman–Crippen LogP) is 1.65. The third kappa shape index (κ3) is 3.25. The molecule has 0 bridgehead atoms. The number of nitrogens with zero attached hydrogens (tertiary/aromatic N) is 1. The summed E-state index contributed by atoms with van der Waals surface area (Å²) >= 11 is 4.37. The zero-order valence-corrected chi connectivity index (χ0v) is 10.9. The summed E-state index contributed by atoms with van der Waals surface area (Å²) in [7, 11) is 0. The van der Waals surface area contributed by atoms with Gasteiger partial charge in [0.1, 0.15) is 4.88 Å². The van der Waals surface area contributed by atoms with Crippen LogP contribution in [0.2, 0.25) is 0 Å². The van der Waals surface area contributed by atoms with E-state index in [1.807, 2.05) is 13.8 Å². The van der Waals surface area contributed by atoms with Crippen LogP contribution in [-0.2, 0) is 0 Å². The van der Waals surface area contributed by atoms with Crippen molar-refractivity contribution in [3.05, 3.63) is 15.5 Å². The predicted molar refractivity (Wildman–Crippen MR) is 63.0 cm³/mol. The Morgan fingerprint density at radius 1 is 1.73 bits per heavy atom. The molecule has 0 spiro atoms. The number of hydrogen-bond acceptors (Lipinski definition) is 4. The molecule has 0 saturated carbocycles. The van der Waals surface area contributed by atoms with Crippen LogP contribution in [0.3, 0.4) is 0 Å². The van der Waals surface area contributed by atoms with Gasteiger partial charge in [-0.2, -0.15) is 4.37 Å². The minimum Gasteiger partial charge on any atom is -0.394 e. The molecular formula is C9H13BrN2O2S. The van der Waals surface area contributed by atoms with Crippen LogP contribution in [0.5, 0.6) is 0 Å². The van der Waals surface area contributed by atoms with E-state index in [4.69, 9.17) is 5.11 Å². The maximum Gasteiger partial charge on any atom is 0.264 e. The standard InChI is InChI=1S/C9H13BrN2O2S/c1-5(2)7(4-13)12-9(14)8-6(10)3-11-15-8/h3,5,7,13H,4H2,1-2H3,(H,12,14)/t7-/m1/s1. The molecule has 0 aliphatic rings. The van der Waals surface area contributed by atoms with E-state index in [0.29, 0.717) is 9.35 Å². The zero-order chi connectivity index (χ0) is 11.4. The van der Waals surface area contributed by atoms with Crippen molar-refractivity contribution in [3.63, 3.8) is 0 Å². The summed E-state index contributed by atoms with van der Waals surface area (Å²) < 4.78 is 4.58. The first kappa shape index (κ1) is 12.6. The van der Waals surface area contributed by atoms with Gasteiger partial charge in [-0.1, -0.05) is 13.8 Å². The Morgan fingerprint density at radius 3 is 2.80 bits per heavy atom. The number of hydrogen-bond donors (Lipinski definition) is 2. The molecule has 15 heavy (non-hydrogen) atoms. The van der Waals surface area contributed by atoms with Crippen molar-refractivity contribution >= 4 is 33.4 Å². The van der Waals surface area contributed by atoms with Crippen LogP contribution in [0.15, 0.2) is 10.7 Å². The van der Waals surface area contributed by atoms with Gasteiger partial charge in [-0.25, -0.2) is 0 Å². The molecule has 1 atom stereocenters. The van der Waals surface area contributed by atoms with Crippen LogP contribution in [0.25, 0.3) is 0 Å². The van der Waals surface area contributed by atoms with Crippen LogP contribution in [-0.4, -0.2) is 28.0 Å². The molecule has 0 aliphatic carbocycles. The van der Waals surface area contributed by atoms with Gasteiger partial charge in [0.2, 0.25) is 0 Å². The Hall–Kier alpha value is -0.460. The van der Waals surface area contributed by atoms with Gasteiger partial charge in [0.15, 0.2) is 0 Å². The van der Waals surface area contributed by atoms with Crippen molar-refractivity contribution in [2.24, 2.45) is 5.92 Å². The quantitative estimate of drug-likeness (QED) is 0.887. The summed E-state index contributed by atoms with van der Waals surface area (Å²) in [6.07, 6.45) is 1.59. The minimum absolute atomic E-state index is 0.0557. The number of carbonyl (C=O) groups excluding carboxylic acids is 1. The van der Waals surface area contributed by atoms with Gasteiger partial charge in [-0.15, -0.1) is 0 Å². The number of carbonyl (C=O) groups is 1. The average molecular weight is 293 g/mol. The van der Waals surface area contributed by atoms with Crippen LogP contribution in [0.4, 0.5) is 0 Å². The van der Waals surface area contributed by atoms with Crippen LogP contribution >= 0.6 is 27.5 Å². The molecule has 84 valence electrons. The number of aromatic nitrogens is 1. The first-order valence-corrected chi connectivity index (χ1v) is 6.14. The molecule has 1 heterocycles. The molecule has 0 fully saturated rings. The summed E-state index contributed by atoms with van der Waals surface area (Å²) in [5.74, 6) is 0.00257. The topological polar surface area (TPSA) is 62.2 Å². The molecular weight excluding hydrogens is 280 g/mol. The molecule has 1 aromatic rings. The Balaban J connectivity index is 2.67. The normalized spacial score (nSPS) is 12.9. The molecule has 1 rings (SSSR count). The maximum atomic E-state index is 11.7. The van der Waals surface area contributed by atoms with Crippen molar-refractivity contribution in [1.29, 1.82) is 0 Å². The summed E-state index contributed by atoms with van der Waals surface area (Å²) in [4.78, 5) is 12.3. The van der Waals surface area contributed by atoms with Crippen LogP contribution < -0.4 is 5.32 Å². The second-order valence-corrected chi connectivity index (χ2v) is 5.17. The Kier molecular flexibility index (Phi) is 4.69. The number of aliphatic hydroxyl groups is 1. The monoisotopic (exact) mass is 292 g/mol. The van der Waals surface area contributed by atoms with E-state index >= 15 is 0 Å². The first-order valence-electron chi connectivity index (χ1n) is 4.58. The van der Waals surface area contributed by atoms with E-state index < -0.39 is 0 Å². The highest BCUT2D eigenvalue weighted by molar-refractivity contribution is 9.10. The second-order valence-electron chi connectivity index (χ2n) is 3.51. The molecule has 0 aromatic carbocycles. The van der Waals surface area contributed by atoms with E-state index in [2.05, 4.69) is 25.6 Å². The number of halogens is 1. The van der Waals surface area contributed by atoms with Gasteiger partial charge < -0.3 is 10.4 Å². The highest BCUT2D eigenvalue weighted by Gasteiger charge is 2.19. The van der Waals surface area contributed by atoms with E-state index in [1.54, 1.807) is 6.20 Å². The molecule has 6 heteroatoms. The summed E-state index contributed by atoms with van der Waals surface area (Å²) in [5, 5.41) is 11.8. The second kappa shape index (κ2) is 5.58. The molecule has 4 nitrogen and oxygen atoms in total. The van der Waals surface area contributed by atoms with Crippen molar-refractivity contribution in [1.82, 2.24) is 9.69 Å². The lowest BCUT2D eigenvalue weighted by Crippen LogP contribution is -2.40. The summed E-state index contributed by atoms with van der Waals surface area (Å²) in [5.41, 5.74) is 0. The van der Waals surface area contributed by atoms with Gasteiger partial charge in [-0.3, -0.25) is 4.79 Å². The number of rotatable bonds is 4. The van der Waals surface area contributed by atoms with E-state index in [0.717, 1.165) is 11.5 Å². The molecule has 0 aliphatic heterocycles.